The second kappa shape index (κ2) is 13.0. The van der Waals surface area contributed by atoms with Gasteiger partial charge in [-0.1, -0.05) is 42.8 Å². The molecule has 0 bridgehead atoms. The molecule has 0 saturated carbocycles. The Hall–Kier alpha value is -3.18. The first-order chi connectivity index (χ1) is 19.5. The SMILES string of the molecule is CCC1CC2=C(C)CC(CCc3ccc(CC4CCCOCC4)cc3OC)=NC=C2N(C)C(=O)c2ccccc21. The van der Waals surface area contributed by atoms with Crippen LogP contribution in [0.2, 0.25) is 0 Å². The third-order valence-corrected chi connectivity index (χ3v) is 9.03. The lowest BCUT2D eigenvalue weighted by atomic mass is 9.82. The number of aryl methyl sites for hydroxylation is 1. The van der Waals surface area contributed by atoms with Gasteiger partial charge < -0.3 is 14.4 Å². The Labute approximate surface area is 240 Å². The van der Waals surface area contributed by atoms with E-state index < -0.39 is 0 Å². The Kier molecular flexibility index (Phi) is 9.21. The first-order valence-corrected chi connectivity index (χ1v) is 15.0. The van der Waals surface area contributed by atoms with Crippen LogP contribution in [0.3, 0.4) is 0 Å². The van der Waals surface area contributed by atoms with Gasteiger partial charge in [-0.15, -0.1) is 0 Å². The molecule has 212 valence electrons. The molecule has 0 radical (unpaired) electrons. The number of ether oxygens (including phenoxy) is 2. The molecule has 3 aliphatic rings. The second-order valence-electron chi connectivity index (χ2n) is 11.7. The maximum Gasteiger partial charge on any atom is 0.258 e. The average Bonchev–Trinajstić information content (AvgIpc) is 3.32. The van der Waals surface area contributed by atoms with Gasteiger partial charge in [-0.2, -0.15) is 0 Å². The van der Waals surface area contributed by atoms with Crippen molar-refractivity contribution in [1.29, 1.82) is 0 Å². The van der Waals surface area contributed by atoms with Crippen LogP contribution in [0.1, 0.15) is 91.8 Å². The maximum atomic E-state index is 13.6. The van der Waals surface area contributed by atoms with Gasteiger partial charge >= 0.3 is 0 Å². The molecular formula is C35H44N2O3. The van der Waals surface area contributed by atoms with Crippen LogP contribution in [0, 0.1) is 5.92 Å². The van der Waals surface area contributed by atoms with Crippen LogP contribution in [0.5, 0.6) is 5.75 Å². The van der Waals surface area contributed by atoms with Gasteiger partial charge in [-0.3, -0.25) is 9.79 Å². The number of rotatable bonds is 7. The van der Waals surface area contributed by atoms with Gasteiger partial charge in [0.1, 0.15) is 5.75 Å². The lowest BCUT2D eigenvalue weighted by Crippen LogP contribution is -2.31. The number of likely N-dealkylation sites (N-methyl/N-ethyl adjacent to an activating group) is 1. The highest BCUT2D eigenvalue weighted by atomic mass is 16.5. The number of carbonyl (C=O) groups excluding carboxylic acids is 1. The third kappa shape index (κ3) is 6.25. The minimum atomic E-state index is 0.0464. The number of fused-ring (bicyclic) bond motifs is 2. The number of nitrogens with zero attached hydrogens (tertiary/aromatic N) is 2. The van der Waals surface area contributed by atoms with E-state index in [0.717, 1.165) is 92.9 Å². The van der Waals surface area contributed by atoms with Crippen LogP contribution in [0.25, 0.3) is 0 Å². The summed E-state index contributed by atoms with van der Waals surface area (Å²) in [6.45, 7) is 6.22. The van der Waals surface area contributed by atoms with E-state index in [4.69, 9.17) is 14.5 Å². The van der Waals surface area contributed by atoms with Crippen LogP contribution in [-0.4, -0.2) is 43.9 Å². The predicted octanol–water partition coefficient (Wildman–Crippen LogP) is 7.66. The summed E-state index contributed by atoms with van der Waals surface area (Å²) in [6.07, 6.45) is 11.0. The molecule has 3 heterocycles. The van der Waals surface area contributed by atoms with E-state index in [0.29, 0.717) is 11.8 Å². The molecule has 2 atom stereocenters. The molecule has 0 aliphatic carbocycles. The Morgan fingerprint density at radius 1 is 1.10 bits per heavy atom. The van der Waals surface area contributed by atoms with Gasteiger partial charge in [0, 0.05) is 38.0 Å². The Morgan fingerprint density at radius 3 is 2.77 bits per heavy atom. The van der Waals surface area contributed by atoms with Gasteiger partial charge in [-0.25, -0.2) is 0 Å². The standard InChI is InChI=1S/C35H44N2O3/c1-5-27-22-32-24(2)19-29(36-23-33(32)37(3)35(38)31-11-7-6-10-30(27)31)15-14-28-13-12-26(21-34(28)39-4)20-25-9-8-17-40-18-16-25/h6-7,10-13,21,23,25,27H,5,8-9,14-20,22H2,1-4H3. The molecule has 0 aromatic heterocycles. The molecule has 2 aromatic carbocycles. The van der Waals surface area contributed by atoms with Crippen LogP contribution in [-0.2, 0) is 17.6 Å². The van der Waals surface area contributed by atoms with E-state index in [1.807, 2.05) is 25.4 Å². The number of amides is 1. The summed E-state index contributed by atoms with van der Waals surface area (Å²) in [5, 5.41) is 0. The summed E-state index contributed by atoms with van der Waals surface area (Å²) < 4.78 is 11.5. The smallest absolute Gasteiger partial charge is 0.258 e. The van der Waals surface area contributed by atoms with Gasteiger partial charge in [0.05, 0.1) is 19.0 Å². The molecule has 5 nitrogen and oxygen atoms in total. The van der Waals surface area contributed by atoms with Crippen LogP contribution in [0.15, 0.2) is 70.5 Å². The van der Waals surface area contributed by atoms with Crippen LogP contribution in [0.4, 0.5) is 0 Å². The maximum absolute atomic E-state index is 13.6. The highest BCUT2D eigenvalue weighted by molar-refractivity contribution is 5.98. The summed E-state index contributed by atoms with van der Waals surface area (Å²) in [5.74, 6) is 2.02. The van der Waals surface area contributed by atoms with Crippen molar-refractivity contribution in [2.24, 2.45) is 10.9 Å². The van der Waals surface area contributed by atoms with Crippen molar-refractivity contribution in [3.63, 3.8) is 0 Å². The highest BCUT2D eigenvalue weighted by Crippen LogP contribution is 2.39. The monoisotopic (exact) mass is 540 g/mol. The van der Waals surface area contributed by atoms with Crippen LogP contribution >= 0.6 is 0 Å². The van der Waals surface area contributed by atoms with Gasteiger partial charge in [0.2, 0.25) is 0 Å². The lowest BCUT2D eigenvalue weighted by Gasteiger charge is -2.31. The summed E-state index contributed by atoms with van der Waals surface area (Å²) in [4.78, 5) is 20.3. The van der Waals surface area contributed by atoms with E-state index in [9.17, 15) is 4.79 Å². The summed E-state index contributed by atoms with van der Waals surface area (Å²) in [6, 6.07) is 14.9. The zero-order valence-corrected chi connectivity index (χ0v) is 24.7. The molecule has 2 unspecified atom stereocenters. The number of methoxy groups -OCH3 is 1. The van der Waals surface area contributed by atoms with Gasteiger partial charge in [-0.05, 0) is 105 Å². The molecule has 2 aromatic rings. The minimum Gasteiger partial charge on any atom is -0.496 e. The average molecular weight is 541 g/mol. The number of benzene rings is 2. The van der Waals surface area contributed by atoms with Gasteiger partial charge in [0.15, 0.2) is 0 Å². The van der Waals surface area contributed by atoms with Crippen LogP contribution < -0.4 is 4.74 Å². The Bertz CT molecular complexity index is 1310. The second-order valence-corrected chi connectivity index (χ2v) is 11.7. The summed E-state index contributed by atoms with van der Waals surface area (Å²) in [7, 11) is 3.66. The van der Waals surface area contributed by atoms with E-state index in [1.54, 1.807) is 12.0 Å². The molecule has 5 heteroatoms. The number of aliphatic imine (C=N–C) groups is 1. The molecule has 1 fully saturated rings. The van der Waals surface area contributed by atoms with Crippen molar-refractivity contribution in [2.75, 3.05) is 27.4 Å². The third-order valence-electron chi connectivity index (χ3n) is 9.03. The quantitative estimate of drug-likeness (QED) is 0.362. The fraction of sp³-hybridized carbons (Fsp3) is 0.486. The Balaban J connectivity index is 1.33. The fourth-order valence-electron chi connectivity index (χ4n) is 6.60. The largest absolute Gasteiger partial charge is 0.496 e. The van der Waals surface area contributed by atoms with Gasteiger partial charge in [0.25, 0.3) is 5.91 Å². The fourth-order valence-corrected chi connectivity index (χ4v) is 6.60. The molecule has 40 heavy (non-hydrogen) atoms. The van der Waals surface area contributed by atoms with E-state index in [2.05, 4.69) is 44.2 Å². The zero-order valence-electron chi connectivity index (χ0n) is 24.7. The topological polar surface area (TPSA) is 51.1 Å². The van der Waals surface area contributed by atoms with Crippen molar-refractivity contribution in [2.45, 2.75) is 77.6 Å². The number of carbonyl (C=O) groups is 1. The first-order valence-electron chi connectivity index (χ1n) is 15.0. The molecule has 0 spiro atoms. The lowest BCUT2D eigenvalue weighted by molar-refractivity contribution is 0.0833. The van der Waals surface area contributed by atoms with E-state index in [-0.39, 0.29) is 5.91 Å². The number of hydrogen-bond acceptors (Lipinski definition) is 4. The predicted molar refractivity (Wildman–Crippen MR) is 162 cm³/mol. The van der Waals surface area contributed by atoms with Crippen molar-refractivity contribution in [3.8, 4) is 5.75 Å². The molecular weight excluding hydrogens is 496 g/mol. The van der Waals surface area contributed by atoms with E-state index >= 15 is 0 Å². The van der Waals surface area contributed by atoms with E-state index in [1.165, 1.54) is 28.7 Å². The molecule has 0 N–H and O–H groups in total. The molecule has 1 saturated heterocycles. The van der Waals surface area contributed by atoms with Crippen molar-refractivity contribution in [1.82, 2.24) is 4.90 Å². The molecule has 3 aliphatic heterocycles. The number of allylic oxidation sites excluding steroid dienone is 2. The zero-order chi connectivity index (χ0) is 28.1. The normalized spacial score (nSPS) is 21.8. The van der Waals surface area contributed by atoms with Crippen molar-refractivity contribution >= 4 is 11.6 Å². The summed E-state index contributed by atoms with van der Waals surface area (Å²) >= 11 is 0. The van der Waals surface area contributed by atoms with Crippen molar-refractivity contribution < 1.29 is 14.3 Å². The molecule has 5 rings (SSSR count). The molecule has 1 amide bonds. The number of hydrogen-bond donors (Lipinski definition) is 0. The Morgan fingerprint density at radius 2 is 1.95 bits per heavy atom. The minimum absolute atomic E-state index is 0.0464. The summed E-state index contributed by atoms with van der Waals surface area (Å²) in [5.41, 5.74) is 9.22. The first kappa shape index (κ1) is 28.4. The highest BCUT2D eigenvalue weighted by Gasteiger charge is 2.30. The van der Waals surface area contributed by atoms with Crippen molar-refractivity contribution in [3.05, 3.63) is 87.8 Å².